The van der Waals surface area contributed by atoms with Crippen molar-refractivity contribution in [1.82, 2.24) is 4.98 Å². The number of pyridine rings is 1. The molecule has 5 heteroatoms. The van der Waals surface area contributed by atoms with Gasteiger partial charge in [0.15, 0.2) is 0 Å². The molecule has 0 spiro atoms. The molecule has 2 nitrogen and oxygen atoms in total. The predicted octanol–water partition coefficient (Wildman–Crippen LogP) is 5.00. The lowest BCUT2D eigenvalue weighted by molar-refractivity contribution is 1.30. The molecule has 1 aromatic heterocycles. The highest BCUT2D eigenvalue weighted by molar-refractivity contribution is 9.11. The smallest absolute Gasteiger partial charge is 0.130 e. The summed E-state index contributed by atoms with van der Waals surface area (Å²) in [5.74, 6) is 0.757. The minimum atomic E-state index is 0.625. The van der Waals surface area contributed by atoms with E-state index in [9.17, 15) is 0 Å². The predicted molar refractivity (Wildman–Crippen MR) is 74.4 cm³/mol. The van der Waals surface area contributed by atoms with Crippen molar-refractivity contribution >= 4 is 55.0 Å². The summed E-state index contributed by atoms with van der Waals surface area (Å²) in [5, 5.41) is 3.81. The van der Waals surface area contributed by atoms with Crippen LogP contribution in [0.5, 0.6) is 0 Å². The lowest BCUT2D eigenvalue weighted by Gasteiger charge is -2.07. The van der Waals surface area contributed by atoms with Crippen molar-refractivity contribution < 1.29 is 0 Å². The first-order valence-corrected chi connectivity index (χ1v) is 6.45. The molecule has 0 atom stereocenters. The molecular weight excluding hydrogens is 355 g/mol. The summed E-state index contributed by atoms with van der Waals surface area (Å²) in [6, 6.07) is 9.52. The van der Waals surface area contributed by atoms with Crippen LogP contribution in [0.4, 0.5) is 11.5 Å². The SMILES string of the molecule is Clc1ccc(Nc2ccc(Br)cc2Br)nc1. The zero-order valence-electron chi connectivity index (χ0n) is 8.05. The van der Waals surface area contributed by atoms with Gasteiger partial charge in [-0.3, -0.25) is 0 Å². The van der Waals surface area contributed by atoms with E-state index in [1.807, 2.05) is 24.3 Å². The van der Waals surface area contributed by atoms with E-state index >= 15 is 0 Å². The van der Waals surface area contributed by atoms with Gasteiger partial charge in [-0.05, 0) is 46.3 Å². The Morgan fingerprint density at radius 3 is 2.56 bits per heavy atom. The average molecular weight is 362 g/mol. The van der Waals surface area contributed by atoms with Crippen molar-refractivity contribution in [2.45, 2.75) is 0 Å². The van der Waals surface area contributed by atoms with Gasteiger partial charge >= 0.3 is 0 Å². The lowest BCUT2D eigenvalue weighted by atomic mass is 10.3. The van der Waals surface area contributed by atoms with Gasteiger partial charge in [0.05, 0.1) is 10.7 Å². The molecule has 1 aromatic carbocycles. The first-order chi connectivity index (χ1) is 7.65. The van der Waals surface area contributed by atoms with Crippen LogP contribution in [-0.2, 0) is 0 Å². The van der Waals surface area contributed by atoms with Crippen molar-refractivity contribution in [2.24, 2.45) is 0 Å². The number of aromatic nitrogens is 1. The van der Waals surface area contributed by atoms with E-state index in [1.165, 1.54) is 0 Å². The highest BCUT2D eigenvalue weighted by atomic mass is 79.9. The van der Waals surface area contributed by atoms with Crippen LogP contribution in [0.25, 0.3) is 0 Å². The third-order valence-electron chi connectivity index (χ3n) is 1.92. The van der Waals surface area contributed by atoms with Crippen LogP contribution in [0, 0.1) is 0 Å². The maximum atomic E-state index is 5.76. The summed E-state index contributed by atoms with van der Waals surface area (Å²) in [4.78, 5) is 4.16. The number of benzene rings is 1. The van der Waals surface area contributed by atoms with E-state index in [1.54, 1.807) is 12.3 Å². The van der Waals surface area contributed by atoms with Crippen LogP contribution in [0.3, 0.4) is 0 Å². The van der Waals surface area contributed by atoms with Gasteiger partial charge in [-0.15, -0.1) is 0 Å². The largest absolute Gasteiger partial charge is 0.339 e. The summed E-state index contributed by atoms with van der Waals surface area (Å²) in [7, 11) is 0. The Balaban J connectivity index is 2.23. The first-order valence-electron chi connectivity index (χ1n) is 4.49. The molecule has 0 amide bonds. The number of halogens is 3. The Morgan fingerprint density at radius 1 is 1.12 bits per heavy atom. The molecule has 2 rings (SSSR count). The maximum absolute atomic E-state index is 5.76. The summed E-state index contributed by atoms with van der Waals surface area (Å²) in [6.07, 6.45) is 1.61. The quantitative estimate of drug-likeness (QED) is 0.813. The van der Waals surface area contributed by atoms with Gasteiger partial charge < -0.3 is 5.32 Å². The molecule has 2 aromatic rings. The van der Waals surface area contributed by atoms with Crippen molar-refractivity contribution in [1.29, 1.82) is 0 Å². The Bertz CT molecular complexity index is 500. The van der Waals surface area contributed by atoms with Crippen LogP contribution in [0.1, 0.15) is 0 Å². The standard InChI is InChI=1S/C11H7Br2ClN2/c12-7-1-3-10(9(13)5-7)16-11-4-2-8(14)6-15-11/h1-6H,(H,15,16). The van der Waals surface area contributed by atoms with Gasteiger partial charge in [0.2, 0.25) is 0 Å². The average Bonchev–Trinajstić information content (AvgIpc) is 2.25. The minimum absolute atomic E-state index is 0.625. The fourth-order valence-electron chi connectivity index (χ4n) is 1.18. The zero-order chi connectivity index (χ0) is 11.5. The summed E-state index contributed by atoms with van der Waals surface area (Å²) < 4.78 is 1.99. The van der Waals surface area contributed by atoms with Crippen LogP contribution in [0.15, 0.2) is 45.5 Å². The maximum Gasteiger partial charge on any atom is 0.130 e. The molecule has 0 saturated carbocycles. The van der Waals surface area contributed by atoms with Gasteiger partial charge in [-0.1, -0.05) is 27.5 Å². The molecule has 0 fully saturated rings. The zero-order valence-corrected chi connectivity index (χ0v) is 12.0. The van der Waals surface area contributed by atoms with E-state index in [-0.39, 0.29) is 0 Å². The van der Waals surface area contributed by atoms with Crippen LogP contribution < -0.4 is 5.32 Å². The molecule has 0 aliphatic heterocycles. The number of rotatable bonds is 2. The molecule has 0 saturated heterocycles. The number of nitrogens with one attached hydrogen (secondary N) is 1. The van der Waals surface area contributed by atoms with Gasteiger partial charge in [0.1, 0.15) is 5.82 Å². The Morgan fingerprint density at radius 2 is 1.94 bits per heavy atom. The van der Waals surface area contributed by atoms with E-state index < -0.39 is 0 Å². The van der Waals surface area contributed by atoms with Crippen LogP contribution >= 0.6 is 43.5 Å². The molecule has 0 aliphatic carbocycles. The van der Waals surface area contributed by atoms with Crippen LogP contribution in [-0.4, -0.2) is 4.98 Å². The minimum Gasteiger partial charge on any atom is -0.339 e. The van der Waals surface area contributed by atoms with E-state index in [0.29, 0.717) is 5.02 Å². The normalized spacial score (nSPS) is 10.2. The fraction of sp³-hybridized carbons (Fsp3) is 0. The topological polar surface area (TPSA) is 24.9 Å². The molecule has 0 aliphatic rings. The second kappa shape index (κ2) is 5.17. The summed E-state index contributed by atoms with van der Waals surface area (Å²) in [6.45, 7) is 0. The molecule has 1 N–H and O–H groups in total. The summed E-state index contributed by atoms with van der Waals surface area (Å²) in [5.41, 5.74) is 0.957. The second-order valence-electron chi connectivity index (χ2n) is 3.11. The highest BCUT2D eigenvalue weighted by Crippen LogP contribution is 2.28. The number of hydrogen-bond donors (Lipinski definition) is 1. The van der Waals surface area contributed by atoms with Crippen molar-refractivity contribution in [3.63, 3.8) is 0 Å². The van der Waals surface area contributed by atoms with Gasteiger partial charge in [0, 0.05) is 15.1 Å². The van der Waals surface area contributed by atoms with E-state index in [2.05, 4.69) is 42.2 Å². The van der Waals surface area contributed by atoms with Gasteiger partial charge in [0.25, 0.3) is 0 Å². The van der Waals surface area contributed by atoms with E-state index in [0.717, 1.165) is 20.5 Å². The molecule has 0 unspecified atom stereocenters. The van der Waals surface area contributed by atoms with E-state index in [4.69, 9.17) is 11.6 Å². The first kappa shape index (κ1) is 11.9. The van der Waals surface area contributed by atoms with Gasteiger partial charge in [-0.2, -0.15) is 0 Å². The molecular formula is C11H7Br2ClN2. The number of nitrogens with zero attached hydrogens (tertiary/aromatic N) is 1. The Labute approximate surface area is 115 Å². The molecule has 1 heterocycles. The second-order valence-corrected chi connectivity index (χ2v) is 5.32. The molecule has 0 radical (unpaired) electrons. The van der Waals surface area contributed by atoms with Crippen molar-refractivity contribution in [2.75, 3.05) is 5.32 Å². The molecule has 16 heavy (non-hydrogen) atoms. The van der Waals surface area contributed by atoms with Crippen molar-refractivity contribution in [3.05, 3.63) is 50.5 Å². The Kier molecular flexibility index (Phi) is 3.84. The monoisotopic (exact) mass is 360 g/mol. The van der Waals surface area contributed by atoms with Crippen LogP contribution in [0.2, 0.25) is 5.02 Å². The third kappa shape index (κ3) is 2.97. The number of hydrogen-bond acceptors (Lipinski definition) is 2. The fourth-order valence-corrected chi connectivity index (χ4v) is 2.44. The Hall–Kier alpha value is -0.580. The summed E-state index contributed by atoms with van der Waals surface area (Å²) >= 11 is 12.6. The van der Waals surface area contributed by atoms with Gasteiger partial charge in [-0.25, -0.2) is 4.98 Å². The lowest BCUT2D eigenvalue weighted by Crippen LogP contribution is -1.93. The number of anilines is 2. The van der Waals surface area contributed by atoms with Crippen molar-refractivity contribution in [3.8, 4) is 0 Å². The molecule has 82 valence electrons. The third-order valence-corrected chi connectivity index (χ3v) is 3.29. The molecule has 0 bridgehead atoms. The highest BCUT2D eigenvalue weighted by Gasteiger charge is 2.01.